The molecule has 2 aliphatic rings. The van der Waals surface area contributed by atoms with Gasteiger partial charge in [-0.2, -0.15) is 0 Å². The lowest BCUT2D eigenvalue weighted by atomic mass is 9.88. The van der Waals surface area contributed by atoms with Gasteiger partial charge in [-0.3, -0.25) is 19.3 Å². The lowest BCUT2D eigenvalue weighted by Gasteiger charge is -2.32. The van der Waals surface area contributed by atoms with Crippen LogP contribution in [0.3, 0.4) is 0 Å². The van der Waals surface area contributed by atoms with Crippen molar-refractivity contribution in [3.63, 3.8) is 0 Å². The number of nitrogens with zero attached hydrogens (tertiary/aromatic N) is 2. The van der Waals surface area contributed by atoms with Crippen LogP contribution in [0.2, 0.25) is 0 Å². The van der Waals surface area contributed by atoms with E-state index in [1.54, 1.807) is 11.8 Å². The second-order valence-corrected chi connectivity index (χ2v) is 6.12. The summed E-state index contributed by atoms with van der Waals surface area (Å²) < 4.78 is 0. The second-order valence-electron chi connectivity index (χ2n) is 6.12. The van der Waals surface area contributed by atoms with Crippen LogP contribution >= 0.6 is 0 Å². The van der Waals surface area contributed by atoms with Crippen LogP contribution < -0.4 is 0 Å². The lowest BCUT2D eigenvalue weighted by molar-refractivity contribution is -0.145. The first-order valence-corrected chi connectivity index (χ1v) is 7.71. The third kappa shape index (κ3) is 1.88. The van der Waals surface area contributed by atoms with E-state index in [1.807, 2.05) is 44.2 Å². The largest absolute Gasteiger partial charge is 0.332 e. The summed E-state index contributed by atoms with van der Waals surface area (Å²) in [6.45, 7) is 5.92. The predicted octanol–water partition coefficient (Wildman–Crippen LogP) is 1.60. The lowest BCUT2D eigenvalue weighted by Crippen LogP contribution is -2.42. The molecule has 3 amide bonds. The summed E-state index contributed by atoms with van der Waals surface area (Å²) in [5, 5.41) is 0. The molecule has 0 unspecified atom stereocenters. The van der Waals surface area contributed by atoms with E-state index in [4.69, 9.17) is 0 Å². The maximum Gasteiger partial charge on any atom is 0.242 e. The van der Waals surface area contributed by atoms with Gasteiger partial charge in [-0.25, -0.2) is 0 Å². The molecule has 0 N–H and O–H groups in total. The summed E-state index contributed by atoms with van der Waals surface area (Å²) in [4.78, 5) is 40.8. The molecule has 0 spiro atoms. The standard InChI is InChI=1S/C17H20N2O3/c1-4-18-15(20)12-13(16(18)21)17(22)19(10(2)3)14(12)11-8-6-5-7-9-11/h5-10,12-14H,4H2,1-3H3/t12-,13-,14-/m1/s1. The number of carbonyl (C=O) groups excluding carboxylic acids is 3. The van der Waals surface area contributed by atoms with E-state index in [1.165, 1.54) is 4.90 Å². The second kappa shape index (κ2) is 5.23. The summed E-state index contributed by atoms with van der Waals surface area (Å²) in [7, 11) is 0. The Hall–Kier alpha value is -2.17. The monoisotopic (exact) mass is 300 g/mol. The summed E-state index contributed by atoms with van der Waals surface area (Å²) in [5.74, 6) is -2.22. The molecule has 1 aromatic carbocycles. The third-order valence-corrected chi connectivity index (χ3v) is 4.62. The molecular formula is C17H20N2O3. The van der Waals surface area contributed by atoms with Crippen molar-refractivity contribution < 1.29 is 14.4 Å². The van der Waals surface area contributed by atoms with Crippen LogP contribution in [-0.2, 0) is 14.4 Å². The van der Waals surface area contributed by atoms with Crippen molar-refractivity contribution in [3.8, 4) is 0 Å². The number of carbonyl (C=O) groups is 3. The summed E-state index contributed by atoms with van der Waals surface area (Å²) in [6, 6.07) is 9.11. The van der Waals surface area contributed by atoms with E-state index in [9.17, 15) is 14.4 Å². The van der Waals surface area contributed by atoms with Gasteiger partial charge in [0.15, 0.2) is 0 Å². The van der Waals surface area contributed by atoms with Crippen LogP contribution in [0.1, 0.15) is 32.4 Å². The third-order valence-electron chi connectivity index (χ3n) is 4.62. The number of rotatable bonds is 3. The van der Waals surface area contributed by atoms with Crippen LogP contribution in [0.15, 0.2) is 30.3 Å². The average Bonchev–Trinajstić information content (AvgIpc) is 2.94. The Balaban J connectivity index is 2.11. The van der Waals surface area contributed by atoms with Gasteiger partial charge in [-0.15, -0.1) is 0 Å². The summed E-state index contributed by atoms with van der Waals surface area (Å²) in [5.41, 5.74) is 0.913. The van der Waals surface area contributed by atoms with Crippen LogP contribution in [0.5, 0.6) is 0 Å². The van der Waals surface area contributed by atoms with E-state index < -0.39 is 11.8 Å². The van der Waals surface area contributed by atoms with Gasteiger partial charge >= 0.3 is 0 Å². The van der Waals surface area contributed by atoms with E-state index in [0.29, 0.717) is 6.54 Å². The fraction of sp³-hybridized carbons (Fsp3) is 0.471. The number of hydrogen-bond acceptors (Lipinski definition) is 3. The van der Waals surface area contributed by atoms with E-state index in [0.717, 1.165) is 5.56 Å². The Kier molecular flexibility index (Phi) is 3.51. The topological polar surface area (TPSA) is 57.7 Å². The zero-order chi connectivity index (χ0) is 16.0. The van der Waals surface area contributed by atoms with E-state index in [2.05, 4.69) is 0 Å². The van der Waals surface area contributed by atoms with Gasteiger partial charge in [0.1, 0.15) is 5.92 Å². The van der Waals surface area contributed by atoms with Gasteiger partial charge in [0.2, 0.25) is 17.7 Å². The van der Waals surface area contributed by atoms with Crippen molar-refractivity contribution in [1.82, 2.24) is 9.80 Å². The van der Waals surface area contributed by atoms with Crippen molar-refractivity contribution in [1.29, 1.82) is 0 Å². The van der Waals surface area contributed by atoms with Crippen molar-refractivity contribution in [2.45, 2.75) is 32.9 Å². The van der Waals surface area contributed by atoms with Crippen LogP contribution in [0.25, 0.3) is 0 Å². The van der Waals surface area contributed by atoms with Gasteiger partial charge < -0.3 is 4.90 Å². The molecule has 22 heavy (non-hydrogen) atoms. The van der Waals surface area contributed by atoms with E-state index >= 15 is 0 Å². The Morgan fingerprint density at radius 1 is 1.00 bits per heavy atom. The fourth-order valence-electron chi connectivity index (χ4n) is 3.71. The molecule has 2 saturated heterocycles. The van der Waals surface area contributed by atoms with Crippen LogP contribution in [-0.4, -0.2) is 40.1 Å². The maximum absolute atomic E-state index is 12.8. The molecule has 0 radical (unpaired) electrons. The highest BCUT2D eigenvalue weighted by molar-refractivity contribution is 6.17. The Labute approximate surface area is 129 Å². The van der Waals surface area contributed by atoms with Gasteiger partial charge in [-0.05, 0) is 26.3 Å². The van der Waals surface area contributed by atoms with Crippen molar-refractivity contribution in [2.24, 2.45) is 11.8 Å². The molecule has 0 aliphatic carbocycles. The molecule has 3 atom stereocenters. The van der Waals surface area contributed by atoms with Gasteiger partial charge in [0.25, 0.3) is 0 Å². The molecule has 2 heterocycles. The molecule has 3 rings (SSSR count). The van der Waals surface area contributed by atoms with Crippen molar-refractivity contribution in [2.75, 3.05) is 6.54 Å². The Morgan fingerprint density at radius 3 is 2.18 bits per heavy atom. The fourth-order valence-corrected chi connectivity index (χ4v) is 3.71. The molecule has 2 aliphatic heterocycles. The van der Waals surface area contributed by atoms with Crippen LogP contribution in [0.4, 0.5) is 0 Å². The minimum absolute atomic E-state index is 0.0565. The van der Waals surface area contributed by atoms with Gasteiger partial charge in [0, 0.05) is 12.6 Å². The maximum atomic E-state index is 12.8. The van der Waals surface area contributed by atoms with Crippen molar-refractivity contribution in [3.05, 3.63) is 35.9 Å². The highest BCUT2D eigenvalue weighted by atomic mass is 16.2. The van der Waals surface area contributed by atoms with Gasteiger partial charge in [0.05, 0.1) is 12.0 Å². The molecule has 0 bridgehead atoms. The molecule has 5 heteroatoms. The highest BCUT2D eigenvalue weighted by Gasteiger charge is 2.62. The summed E-state index contributed by atoms with van der Waals surface area (Å²) in [6.07, 6.45) is 0. The first kappa shape index (κ1) is 14.8. The van der Waals surface area contributed by atoms with E-state index in [-0.39, 0.29) is 29.8 Å². The Bertz CT molecular complexity index is 626. The normalized spacial score (nSPS) is 28.0. The van der Waals surface area contributed by atoms with Crippen LogP contribution in [0, 0.1) is 11.8 Å². The summed E-state index contributed by atoms with van der Waals surface area (Å²) >= 11 is 0. The Morgan fingerprint density at radius 2 is 1.64 bits per heavy atom. The molecule has 116 valence electrons. The number of amides is 3. The number of likely N-dealkylation sites (tertiary alicyclic amines) is 2. The quantitative estimate of drug-likeness (QED) is 0.629. The zero-order valence-electron chi connectivity index (χ0n) is 13.0. The molecule has 2 fully saturated rings. The highest BCUT2D eigenvalue weighted by Crippen LogP contribution is 2.47. The first-order valence-electron chi connectivity index (χ1n) is 7.71. The average molecular weight is 300 g/mol. The minimum Gasteiger partial charge on any atom is -0.332 e. The smallest absolute Gasteiger partial charge is 0.242 e. The zero-order valence-corrected chi connectivity index (χ0v) is 13.0. The molecular weight excluding hydrogens is 280 g/mol. The molecule has 1 aromatic rings. The predicted molar refractivity (Wildman–Crippen MR) is 80.5 cm³/mol. The number of fused-ring (bicyclic) bond motifs is 1. The van der Waals surface area contributed by atoms with Gasteiger partial charge in [-0.1, -0.05) is 30.3 Å². The van der Waals surface area contributed by atoms with Crippen molar-refractivity contribution >= 4 is 17.7 Å². The number of imide groups is 1. The molecule has 0 aromatic heterocycles. The minimum atomic E-state index is -0.847. The molecule has 0 saturated carbocycles. The molecule has 5 nitrogen and oxygen atoms in total. The SMILES string of the molecule is CCN1C(=O)[C@@H]2C(=O)N(C(C)C)[C@H](c3ccccc3)[C@@H]2C1=O. The first-order chi connectivity index (χ1) is 10.5. The number of hydrogen-bond donors (Lipinski definition) is 0. The number of benzene rings is 1.